The molecule has 4 heterocycles. The summed E-state index contributed by atoms with van der Waals surface area (Å²) >= 11 is 0. The van der Waals surface area contributed by atoms with Gasteiger partial charge >= 0.3 is 0 Å². The summed E-state index contributed by atoms with van der Waals surface area (Å²) in [6, 6.07) is 16.4. The Morgan fingerprint density at radius 1 is 1.12 bits per heavy atom. The second-order valence-electron chi connectivity index (χ2n) is 8.79. The van der Waals surface area contributed by atoms with Crippen molar-refractivity contribution in [2.24, 2.45) is 5.92 Å². The number of nitriles is 2. The summed E-state index contributed by atoms with van der Waals surface area (Å²) in [7, 11) is 0. The third-order valence-electron chi connectivity index (χ3n) is 6.51. The van der Waals surface area contributed by atoms with Crippen LogP contribution in [0.3, 0.4) is 0 Å². The summed E-state index contributed by atoms with van der Waals surface area (Å²) < 4.78 is 0. The first kappa shape index (κ1) is 20.0. The third kappa shape index (κ3) is 3.10. The Labute approximate surface area is 194 Å². The molecule has 0 spiro atoms. The molecule has 1 aliphatic carbocycles. The van der Waals surface area contributed by atoms with Gasteiger partial charge in [-0.05, 0) is 50.1 Å². The zero-order chi connectivity index (χ0) is 23.3. The van der Waals surface area contributed by atoms with E-state index in [2.05, 4.69) is 32.2 Å². The number of aromatic nitrogens is 7. The molecule has 0 saturated heterocycles. The highest BCUT2D eigenvalue weighted by atomic mass is 15.5. The molecule has 0 bridgehead atoms. The lowest BCUT2D eigenvalue weighted by Gasteiger charge is -2.42. The normalized spacial score (nSPS) is 19.6. The van der Waals surface area contributed by atoms with E-state index < -0.39 is 5.54 Å². The predicted octanol–water partition coefficient (Wildman–Crippen LogP) is 4.28. The lowest BCUT2D eigenvalue weighted by Crippen LogP contribution is -2.47. The van der Waals surface area contributed by atoms with Crippen LogP contribution in [-0.2, 0) is 5.54 Å². The molecule has 1 fully saturated rings. The molecule has 9 heteroatoms. The number of benzene rings is 1. The van der Waals surface area contributed by atoms with Gasteiger partial charge in [0.05, 0.1) is 47.4 Å². The van der Waals surface area contributed by atoms with Crippen LogP contribution in [0.4, 0.5) is 0 Å². The number of fused-ring (bicyclic) bond motifs is 2. The van der Waals surface area contributed by atoms with Gasteiger partial charge in [0, 0.05) is 22.7 Å². The molecule has 5 aromatic rings. The van der Waals surface area contributed by atoms with Gasteiger partial charge in [-0.25, -0.2) is 9.97 Å². The van der Waals surface area contributed by atoms with Gasteiger partial charge in [0.2, 0.25) is 0 Å². The highest BCUT2D eigenvalue weighted by Gasteiger charge is 2.48. The minimum absolute atomic E-state index is 0.0664. The van der Waals surface area contributed by atoms with Crippen LogP contribution in [0, 0.1) is 35.5 Å². The highest BCUT2D eigenvalue weighted by molar-refractivity contribution is 5.97. The molecule has 0 atom stereocenters. The third-order valence-corrected chi connectivity index (χ3v) is 6.51. The molecule has 0 amide bonds. The van der Waals surface area contributed by atoms with Crippen molar-refractivity contribution in [2.45, 2.75) is 31.7 Å². The van der Waals surface area contributed by atoms with Crippen LogP contribution in [0.15, 0.2) is 48.8 Å². The van der Waals surface area contributed by atoms with Crippen molar-refractivity contribution in [3.05, 3.63) is 54.6 Å². The average molecular weight is 445 g/mol. The summed E-state index contributed by atoms with van der Waals surface area (Å²) in [6.07, 6.45) is 4.93. The van der Waals surface area contributed by atoms with Gasteiger partial charge in [-0.15, -0.1) is 0 Å². The van der Waals surface area contributed by atoms with Gasteiger partial charge < -0.3 is 4.98 Å². The smallest absolute Gasteiger partial charge is 0.158 e. The van der Waals surface area contributed by atoms with Crippen LogP contribution in [0.5, 0.6) is 0 Å². The van der Waals surface area contributed by atoms with E-state index in [0.29, 0.717) is 18.5 Å². The lowest BCUT2D eigenvalue weighted by molar-refractivity contribution is 0.0713. The van der Waals surface area contributed by atoms with Crippen LogP contribution in [0.2, 0.25) is 0 Å². The molecule has 1 aliphatic rings. The van der Waals surface area contributed by atoms with E-state index in [9.17, 15) is 10.5 Å². The van der Waals surface area contributed by atoms with E-state index in [1.54, 1.807) is 17.2 Å². The van der Waals surface area contributed by atoms with Crippen molar-refractivity contribution < 1.29 is 0 Å². The van der Waals surface area contributed by atoms with E-state index in [1.165, 1.54) is 0 Å². The lowest BCUT2D eigenvalue weighted by atomic mass is 9.68. The van der Waals surface area contributed by atoms with Crippen LogP contribution in [-0.4, -0.2) is 34.9 Å². The first-order valence-electron chi connectivity index (χ1n) is 11.0. The number of nitrogens with zero attached hydrogens (tertiary/aromatic N) is 8. The van der Waals surface area contributed by atoms with E-state index in [-0.39, 0.29) is 12.3 Å². The van der Waals surface area contributed by atoms with E-state index >= 15 is 0 Å². The molecule has 34 heavy (non-hydrogen) atoms. The van der Waals surface area contributed by atoms with Gasteiger partial charge in [-0.2, -0.15) is 25.5 Å². The van der Waals surface area contributed by atoms with E-state index in [4.69, 9.17) is 10.1 Å². The number of aryl methyl sites for hydroxylation is 1. The zero-order valence-electron chi connectivity index (χ0n) is 18.4. The fourth-order valence-corrected chi connectivity index (χ4v) is 4.81. The maximum atomic E-state index is 9.37. The zero-order valence-corrected chi connectivity index (χ0v) is 18.4. The molecule has 1 aromatic carbocycles. The van der Waals surface area contributed by atoms with E-state index in [1.807, 2.05) is 43.3 Å². The average Bonchev–Trinajstić information content (AvgIpc) is 3.46. The maximum Gasteiger partial charge on any atom is 0.158 e. The highest BCUT2D eigenvalue weighted by Crippen LogP contribution is 2.45. The number of imidazole rings is 1. The Hall–Kier alpha value is -4.63. The fourth-order valence-electron chi connectivity index (χ4n) is 4.81. The number of hydrogen-bond acceptors (Lipinski definition) is 7. The van der Waals surface area contributed by atoms with Crippen LogP contribution < -0.4 is 0 Å². The first-order valence-corrected chi connectivity index (χ1v) is 11.0. The second-order valence-corrected chi connectivity index (χ2v) is 8.79. The Balaban J connectivity index is 1.47. The molecule has 9 nitrogen and oxygen atoms in total. The number of nitrogens with one attached hydrogen (secondary N) is 1. The van der Waals surface area contributed by atoms with Crippen LogP contribution in [0.25, 0.3) is 44.6 Å². The molecule has 1 N–H and O–H groups in total. The predicted molar refractivity (Wildman–Crippen MR) is 125 cm³/mol. The van der Waals surface area contributed by atoms with Gasteiger partial charge in [0.1, 0.15) is 17.0 Å². The molecule has 1 saturated carbocycles. The topological polar surface area (TPSA) is 133 Å². The van der Waals surface area contributed by atoms with Crippen molar-refractivity contribution in [2.75, 3.05) is 0 Å². The van der Waals surface area contributed by atoms with Crippen LogP contribution in [0.1, 0.15) is 25.1 Å². The molecule has 164 valence electrons. The Morgan fingerprint density at radius 3 is 2.82 bits per heavy atom. The molecule has 6 rings (SSSR count). The maximum absolute atomic E-state index is 9.37. The standard InChI is InChI=1S/C25H19N9/c1-15-30-21-5-4-20(32-24(21)31-15)17-9-19(18-3-2-8-28-22(18)10-17)23-14-29-34(33-23)25(6-7-26)11-16(12-25)13-27/h2-5,8-10,14,16H,6,11-12H2,1H3,(H,30,31,32)/t16-,25+. The largest absolute Gasteiger partial charge is 0.327 e. The van der Waals surface area contributed by atoms with Crippen molar-refractivity contribution in [3.8, 4) is 34.7 Å². The molecular weight excluding hydrogens is 426 g/mol. The van der Waals surface area contributed by atoms with Crippen molar-refractivity contribution >= 4 is 22.1 Å². The summed E-state index contributed by atoms with van der Waals surface area (Å²) in [5.41, 5.74) is 5.14. The Bertz CT molecular complexity index is 1640. The summed E-state index contributed by atoms with van der Waals surface area (Å²) in [5, 5.41) is 28.9. The number of aromatic amines is 1. The second kappa shape index (κ2) is 7.46. The fraction of sp³-hybridized carbons (Fsp3) is 0.240. The molecule has 0 aliphatic heterocycles. The number of hydrogen-bond donors (Lipinski definition) is 1. The van der Waals surface area contributed by atoms with Crippen molar-refractivity contribution in [1.29, 1.82) is 10.5 Å². The van der Waals surface area contributed by atoms with Crippen LogP contribution >= 0.6 is 0 Å². The number of pyridine rings is 2. The summed E-state index contributed by atoms with van der Waals surface area (Å²) in [6.45, 7) is 1.91. The minimum Gasteiger partial charge on any atom is -0.327 e. The van der Waals surface area contributed by atoms with Gasteiger partial charge in [0.15, 0.2) is 5.65 Å². The Morgan fingerprint density at radius 2 is 2.00 bits per heavy atom. The van der Waals surface area contributed by atoms with Gasteiger partial charge in [-0.1, -0.05) is 6.07 Å². The molecule has 0 radical (unpaired) electrons. The van der Waals surface area contributed by atoms with Gasteiger partial charge in [-0.3, -0.25) is 4.98 Å². The summed E-state index contributed by atoms with van der Waals surface area (Å²) in [5.74, 6) is 0.751. The SMILES string of the molecule is Cc1nc2ccc(-c3cc(-c4cnn([C@]5(CC#N)C[C@H](C#N)C5)n4)c4cccnc4c3)nc2[nH]1. The van der Waals surface area contributed by atoms with Gasteiger partial charge in [0.25, 0.3) is 0 Å². The summed E-state index contributed by atoms with van der Waals surface area (Å²) in [4.78, 5) is 18.6. The van der Waals surface area contributed by atoms with Crippen molar-refractivity contribution in [3.63, 3.8) is 0 Å². The van der Waals surface area contributed by atoms with Crippen molar-refractivity contribution in [1.82, 2.24) is 34.9 Å². The first-order chi connectivity index (χ1) is 16.6. The number of rotatable bonds is 4. The van der Waals surface area contributed by atoms with E-state index in [0.717, 1.165) is 44.7 Å². The molecular formula is C25H19N9. The Kier molecular flexibility index (Phi) is 4.39. The minimum atomic E-state index is -0.524. The molecule has 0 unspecified atom stereocenters. The monoisotopic (exact) mass is 445 g/mol. The quantitative estimate of drug-likeness (QED) is 0.436. The molecule has 4 aromatic heterocycles. The number of H-pyrrole nitrogens is 1.